The zero-order valence-electron chi connectivity index (χ0n) is 11.8. The highest BCUT2D eigenvalue weighted by Gasteiger charge is 2.28. The highest BCUT2D eigenvalue weighted by atomic mass is 16.2. The molecule has 1 aromatic heterocycles. The Kier molecular flexibility index (Phi) is 3.91. The van der Waals surface area contributed by atoms with E-state index in [-0.39, 0.29) is 11.2 Å². The van der Waals surface area contributed by atoms with Gasteiger partial charge in [0.25, 0.3) is 5.56 Å². The quantitative estimate of drug-likeness (QED) is 0.781. The van der Waals surface area contributed by atoms with Crippen LogP contribution in [0.25, 0.3) is 0 Å². The van der Waals surface area contributed by atoms with E-state index in [0.717, 1.165) is 23.2 Å². The summed E-state index contributed by atoms with van der Waals surface area (Å²) in [5.74, 6) is 0.513. The fraction of sp³-hybridized carbons (Fsp3) is 0.692. The molecule has 106 valence electrons. The molecule has 2 rings (SSSR count). The third-order valence-corrected chi connectivity index (χ3v) is 4.11. The molecular weight excluding hydrogens is 244 g/mol. The van der Waals surface area contributed by atoms with Gasteiger partial charge in [-0.05, 0) is 25.8 Å². The number of nitrogens with zero attached hydrogens (tertiary/aromatic N) is 3. The summed E-state index contributed by atoms with van der Waals surface area (Å²) >= 11 is 0. The van der Waals surface area contributed by atoms with E-state index in [0.29, 0.717) is 25.0 Å². The molecule has 0 spiro atoms. The van der Waals surface area contributed by atoms with E-state index in [4.69, 9.17) is 5.73 Å². The predicted octanol–water partition coefficient (Wildman–Crippen LogP) is -0.747. The Bertz CT molecular complexity index is 575. The Morgan fingerprint density at radius 3 is 2.58 bits per heavy atom. The third-order valence-electron chi connectivity index (χ3n) is 4.11. The van der Waals surface area contributed by atoms with Crippen molar-refractivity contribution in [3.05, 3.63) is 32.6 Å². The zero-order chi connectivity index (χ0) is 14.2. The van der Waals surface area contributed by atoms with Crippen molar-refractivity contribution >= 4 is 0 Å². The summed E-state index contributed by atoms with van der Waals surface area (Å²) < 4.78 is 2.67. The fourth-order valence-electron chi connectivity index (χ4n) is 2.75. The molecule has 2 atom stereocenters. The van der Waals surface area contributed by atoms with Gasteiger partial charge in [-0.25, -0.2) is 4.79 Å². The molecule has 2 heterocycles. The van der Waals surface area contributed by atoms with Gasteiger partial charge in [0.2, 0.25) is 0 Å². The van der Waals surface area contributed by atoms with E-state index in [2.05, 4.69) is 11.8 Å². The van der Waals surface area contributed by atoms with Crippen molar-refractivity contribution in [3.8, 4) is 0 Å². The summed E-state index contributed by atoms with van der Waals surface area (Å²) in [4.78, 5) is 25.9. The van der Waals surface area contributed by atoms with Crippen LogP contribution in [0.2, 0.25) is 0 Å². The summed E-state index contributed by atoms with van der Waals surface area (Å²) in [6, 6.07) is 1.98. The number of rotatable bonds is 3. The van der Waals surface area contributed by atoms with Gasteiger partial charge >= 0.3 is 5.69 Å². The van der Waals surface area contributed by atoms with Crippen molar-refractivity contribution in [1.29, 1.82) is 0 Å². The van der Waals surface area contributed by atoms with Gasteiger partial charge in [-0.1, -0.05) is 0 Å². The molecule has 1 aliphatic heterocycles. The Balaban J connectivity index is 2.25. The van der Waals surface area contributed by atoms with Gasteiger partial charge in [-0.2, -0.15) is 0 Å². The molecule has 0 saturated carbocycles. The van der Waals surface area contributed by atoms with Gasteiger partial charge < -0.3 is 5.73 Å². The van der Waals surface area contributed by atoms with E-state index in [1.807, 2.05) is 0 Å². The molecule has 1 saturated heterocycles. The Hall–Kier alpha value is -1.40. The molecule has 0 aromatic carbocycles. The number of hydrogen-bond acceptors (Lipinski definition) is 4. The highest BCUT2D eigenvalue weighted by Crippen LogP contribution is 2.23. The second-order valence-corrected chi connectivity index (χ2v) is 5.49. The molecule has 6 heteroatoms. The summed E-state index contributed by atoms with van der Waals surface area (Å²) in [6.07, 6.45) is 1.08. The fourth-order valence-corrected chi connectivity index (χ4v) is 2.75. The van der Waals surface area contributed by atoms with Crippen molar-refractivity contribution in [1.82, 2.24) is 14.0 Å². The molecular formula is C13H22N4O2. The average Bonchev–Trinajstić information content (AvgIpc) is 2.74. The van der Waals surface area contributed by atoms with Crippen LogP contribution in [-0.4, -0.2) is 33.2 Å². The Labute approximate surface area is 112 Å². The first kappa shape index (κ1) is 14.0. The second-order valence-electron chi connectivity index (χ2n) is 5.49. The first-order chi connectivity index (χ1) is 8.93. The number of nitrogens with two attached hydrogens (primary N) is 1. The molecule has 6 nitrogen and oxygen atoms in total. The summed E-state index contributed by atoms with van der Waals surface area (Å²) in [5.41, 5.74) is 5.95. The monoisotopic (exact) mass is 266 g/mol. The largest absolute Gasteiger partial charge is 0.330 e. The van der Waals surface area contributed by atoms with Crippen molar-refractivity contribution in [2.45, 2.75) is 25.9 Å². The molecule has 2 N–H and O–H groups in total. The van der Waals surface area contributed by atoms with Crippen molar-refractivity contribution in [3.63, 3.8) is 0 Å². The third kappa shape index (κ3) is 2.64. The van der Waals surface area contributed by atoms with E-state index in [1.54, 1.807) is 17.7 Å². The summed E-state index contributed by atoms with van der Waals surface area (Å²) in [6.45, 7) is 4.41. The van der Waals surface area contributed by atoms with Crippen LogP contribution in [0.3, 0.4) is 0 Å². The van der Waals surface area contributed by atoms with Crippen molar-refractivity contribution in [2.75, 3.05) is 13.1 Å². The van der Waals surface area contributed by atoms with Crippen LogP contribution in [0.4, 0.5) is 0 Å². The molecule has 0 bridgehead atoms. The van der Waals surface area contributed by atoms with Gasteiger partial charge in [0.15, 0.2) is 0 Å². The van der Waals surface area contributed by atoms with Gasteiger partial charge in [0.1, 0.15) is 0 Å². The first-order valence-corrected chi connectivity index (χ1v) is 6.64. The minimum Gasteiger partial charge on any atom is -0.330 e. The van der Waals surface area contributed by atoms with E-state index in [9.17, 15) is 9.59 Å². The van der Waals surface area contributed by atoms with Crippen molar-refractivity contribution in [2.24, 2.45) is 25.7 Å². The Morgan fingerprint density at radius 1 is 1.32 bits per heavy atom. The topological polar surface area (TPSA) is 73.3 Å². The predicted molar refractivity (Wildman–Crippen MR) is 74.0 cm³/mol. The van der Waals surface area contributed by atoms with Crippen LogP contribution >= 0.6 is 0 Å². The van der Waals surface area contributed by atoms with Crippen LogP contribution in [0.15, 0.2) is 15.7 Å². The maximum absolute atomic E-state index is 11.9. The summed E-state index contributed by atoms with van der Waals surface area (Å²) in [7, 11) is 3.20. The molecule has 0 amide bonds. The number of hydrogen-bond donors (Lipinski definition) is 1. The second kappa shape index (κ2) is 5.30. The minimum absolute atomic E-state index is 0.250. The molecule has 1 fully saturated rings. The molecule has 0 radical (unpaired) electrons. The molecule has 2 unspecified atom stereocenters. The van der Waals surface area contributed by atoms with E-state index >= 15 is 0 Å². The van der Waals surface area contributed by atoms with Crippen molar-refractivity contribution < 1.29 is 0 Å². The average molecular weight is 266 g/mol. The molecule has 0 aliphatic carbocycles. The van der Waals surface area contributed by atoms with Crippen LogP contribution in [0.5, 0.6) is 0 Å². The molecule has 19 heavy (non-hydrogen) atoms. The number of aromatic nitrogens is 2. The minimum atomic E-state index is -0.273. The summed E-state index contributed by atoms with van der Waals surface area (Å²) in [5, 5.41) is 0. The standard InChI is InChI=1S/C13H22N4O2/c1-9-4-10(6-14)7-17(9)8-11-5-12(18)16(3)13(19)15(11)2/h5,9-10H,4,6-8,14H2,1-3H3. The van der Waals surface area contributed by atoms with E-state index < -0.39 is 0 Å². The van der Waals surface area contributed by atoms with Crippen LogP contribution in [0.1, 0.15) is 19.0 Å². The lowest BCUT2D eigenvalue weighted by molar-refractivity contribution is 0.248. The van der Waals surface area contributed by atoms with Crippen LogP contribution in [0, 0.1) is 5.92 Å². The van der Waals surface area contributed by atoms with Crippen LogP contribution < -0.4 is 17.0 Å². The SMILES string of the molecule is CC1CC(CN)CN1Cc1cc(=O)n(C)c(=O)n1C. The maximum Gasteiger partial charge on any atom is 0.330 e. The first-order valence-electron chi connectivity index (χ1n) is 6.64. The Morgan fingerprint density at radius 2 is 2.00 bits per heavy atom. The van der Waals surface area contributed by atoms with Gasteiger partial charge in [-0.15, -0.1) is 0 Å². The maximum atomic E-state index is 11.9. The lowest BCUT2D eigenvalue weighted by Gasteiger charge is -2.22. The molecule has 1 aromatic rings. The lowest BCUT2D eigenvalue weighted by Crippen LogP contribution is -2.40. The molecule has 1 aliphatic rings. The van der Waals surface area contributed by atoms with Gasteiger partial charge in [0.05, 0.1) is 0 Å². The van der Waals surface area contributed by atoms with Crippen LogP contribution in [-0.2, 0) is 20.6 Å². The number of likely N-dealkylation sites (tertiary alicyclic amines) is 1. The normalized spacial score (nSPS) is 24.0. The van der Waals surface area contributed by atoms with Gasteiger partial charge in [0, 0.05) is 45.0 Å². The lowest BCUT2D eigenvalue weighted by atomic mass is 10.1. The smallest absolute Gasteiger partial charge is 0.330 e. The zero-order valence-corrected chi connectivity index (χ0v) is 11.8. The van der Waals surface area contributed by atoms with E-state index in [1.165, 1.54) is 7.05 Å². The highest BCUT2D eigenvalue weighted by molar-refractivity contribution is 5.03. The van der Waals surface area contributed by atoms with Gasteiger partial charge in [-0.3, -0.25) is 18.8 Å².